The Kier molecular flexibility index (Phi) is 6.39. The molecule has 0 radical (unpaired) electrons. The number of carbonyl (C=O) groups excluding carboxylic acids is 2. The first kappa shape index (κ1) is 22.4. The van der Waals surface area contributed by atoms with Gasteiger partial charge in [-0.2, -0.15) is 0 Å². The molecule has 1 aliphatic rings. The van der Waals surface area contributed by atoms with E-state index in [0.29, 0.717) is 29.8 Å². The third kappa shape index (κ3) is 5.08. The molecule has 0 aliphatic carbocycles. The number of methoxy groups -OCH3 is 2. The highest BCUT2D eigenvalue weighted by molar-refractivity contribution is 5.96. The summed E-state index contributed by atoms with van der Waals surface area (Å²) < 4.78 is 10.3. The number of hydrogen-bond acceptors (Lipinski definition) is 6. The van der Waals surface area contributed by atoms with E-state index in [0.717, 1.165) is 11.1 Å². The van der Waals surface area contributed by atoms with Crippen molar-refractivity contribution < 1.29 is 19.1 Å². The minimum absolute atomic E-state index is 0.0815. The number of hydrogen-bond donors (Lipinski definition) is 0. The highest BCUT2D eigenvalue weighted by atomic mass is 16.5. The maximum Gasteiger partial charge on any atom is 0.339 e. The largest absolute Gasteiger partial charge is 0.496 e. The lowest BCUT2D eigenvalue weighted by molar-refractivity contribution is -0.124. The van der Waals surface area contributed by atoms with Gasteiger partial charge in [0.25, 0.3) is 0 Å². The van der Waals surface area contributed by atoms with Crippen molar-refractivity contribution in [2.45, 2.75) is 39.2 Å². The number of pyridine rings is 1. The van der Waals surface area contributed by atoms with Crippen LogP contribution in [0.5, 0.6) is 5.75 Å². The summed E-state index contributed by atoms with van der Waals surface area (Å²) in [4.78, 5) is 33.8. The fraction of sp³-hybridized carbons (Fsp3) is 0.360. The average Bonchev–Trinajstić information content (AvgIpc) is 3.22. The fourth-order valence-corrected chi connectivity index (χ4v) is 3.59. The minimum Gasteiger partial charge on any atom is -0.496 e. The van der Waals surface area contributed by atoms with Gasteiger partial charge in [-0.05, 0) is 53.5 Å². The summed E-state index contributed by atoms with van der Waals surface area (Å²) in [5, 5.41) is 0. The van der Waals surface area contributed by atoms with E-state index in [1.807, 2.05) is 51.1 Å². The zero-order chi connectivity index (χ0) is 22.6. The van der Waals surface area contributed by atoms with E-state index in [1.165, 1.54) is 13.3 Å². The van der Waals surface area contributed by atoms with Crippen molar-refractivity contribution >= 4 is 18.0 Å². The quantitative estimate of drug-likeness (QED) is 0.618. The second kappa shape index (κ2) is 8.84. The van der Waals surface area contributed by atoms with Gasteiger partial charge in [-0.3, -0.25) is 14.8 Å². The Morgan fingerprint density at radius 2 is 1.87 bits per heavy atom. The maximum atomic E-state index is 13.2. The first-order valence-corrected chi connectivity index (χ1v) is 10.2. The standard InChI is InChI=1S/C25H28N2O4/c1-24(2,3)15-22(28)25(11-6-12-27-25)14-19-13-17(8-10-21(19)30-4)20-9-7-18(16-26-20)23(29)31-5/h6-13,16H,14-15H2,1-5H3. The third-order valence-electron chi connectivity index (χ3n) is 5.16. The molecular weight excluding hydrogens is 392 g/mol. The molecule has 0 bridgehead atoms. The minimum atomic E-state index is -0.929. The van der Waals surface area contributed by atoms with Crippen LogP contribution in [0.3, 0.4) is 0 Å². The van der Waals surface area contributed by atoms with Gasteiger partial charge in [-0.25, -0.2) is 4.79 Å². The highest BCUT2D eigenvalue weighted by Gasteiger charge is 2.39. The first-order chi connectivity index (χ1) is 14.7. The molecule has 0 saturated carbocycles. The highest BCUT2D eigenvalue weighted by Crippen LogP contribution is 2.34. The number of rotatable bonds is 7. The molecule has 31 heavy (non-hydrogen) atoms. The Morgan fingerprint density at radius 3 is 2.42 bits per heavy atom. The van der Waals surface area contributed by atoms with Crippen LogP contribution in [0.15, 0.2) is 53.7 Å². The molecule has 0 saturated heterocycles. The number of nitrogens with zero attached hydrogens (tertiary/aromatic N) is 2. The van der Waals surface area contributed by atoms with Crippen LogP contribution < -0.4 is 4.74 Å². The smallest absolute Gasteiger partial charge is 0.339 e. The predicted octanol–water partition coefficient (Wildman–Crippen LogP) is 4.47. The molecule has 0 N–H and O–H groups in total. The van der Waals surface area contributed by atoms with Gasteiger partial charge in [0.15, 0.2) is 5.78 Å². The molecule has 1 aliphatic heterocycles. The summed E-state index contributed by atoms with van der Waals surface area (Å²) in [6.45, 7) is 6.14. The van der Waals surface area contributed by atoms with E-state index in [1.54, 1.807) is 25.5 Å². The number of allylic oxidation sites excluding steroid dienone is 1. The summed E-state index contributed by atoms with van der Waals surface area (Å²) in [6, 6.07) is 9.18. The molecular formula is C25H28N2O4. The maximum absolute atomic E-state index is 13.2. The fourth-order valence-electron chi connectivity index (χ4n) is 3.59. The van der Waals surface area contributed by atoms with Crippen LogP contribution in [0.25, 0.3) is 11.3 Å². The van der Waals surface area contributed by atoms with E-state index in [2.05, 4.69) is 9.98 Å². The van der Waals surface area contributed by atoms with Gasteiger partial charge < -0.3 is 9.47 Å². The van der Waals surface area contributed by atoms with Crippen molar-refractivity contribution in [1.29, 1.82) is 0 Å². The summed E-state index contributed by atoms with van der Waals surface area (Å²) in [6.07, 6.45) is 7.69. The van der Waals surface area contributed by atoms with E-state index < -0.39 is 11.5 Å². The normalized spacial score (nSPS) is 17.6. The molecule has 2 heterocycles. The van der Waals surface area contributed by atoms with Crippen LogP contribution >= 0.6 is 0 Å². The van der Waals surface area contributed by atoms with Gasteiger partial charge in [0, 0.05) is 30.8 Å². The number of benzene rings is 1. The lowest BCUT2D eigenvalue weighted by Gasteiger charge is -2.28. The molecule has 2 aromatic rings. The van der Waals surface area contributed by atoms with Crippen molar-refractivity contribution in [1.82, 2.24) is 4.98 Å². The Balaban J connectivity index is 1.95. The number of Topliss-reactive ketones (excluding diaryl/α,β-unsaturated/α-hetero) is 1. The van der Waals surface area contributed by atoms with Crippen molar-refractivity contribution in [3.63, 3.8) is 0 Å². The molecule has 1 atom stereocenters. The molecule has 6 nitrogen and oxygen atoms in total. The summed E-state index contributed by atoms with van der Waals surface area (Å²) in [5.41, 5.74) is 1.75. The SMILES string of the molecule is COC(=O)c1ccc(-c2ccc(OC)c(CC3(C(=O)CC(C)(C)C)C=CC=N3)c2)nc1. The molecule has 0 fully saturated rings. The van der Waals surface area contributed by atoms with Gasteiger partial charge in [0.2, 0.25) is 0 Å². The predicted molar refractivity (Wildman–Crippen MR) is 121 cm³/mol. The van der Waals surface area contributed by atoms with E-state index in [4.69, 9.17) is 9.47 Å². The number of esters is 1. The molecule has 1 aromatic heterocycles. The Morgan fingerprint density at radius 1 is 1.10 bits per heavy atom. The molecule has 0 spiro atoms. The number of carbonyl (C=O) groups is 2. The van der Waals surface area contributed by atoms with E-state index >= 15 is 0 Å². The van der Waals surface area contributed by atoms with Gasteiger partial charge in [-0.15, -0.1) is 0 Å². The lowest BCUT2D eigenvalue weighted by Crippen LogP contribution is -2.38. The van der Waals surface area contributed by atoms with Crippen molar-refractivity contribution in [2.75, 3.05) is 14.2 Å². The Bertz CT molecular complexity index is 1020. The zero-order valence-electron chi connectivity index (χ0n) is 18.6. The number of aromatic nitrogens is 1. The van der Waals surface area contributed by atoms with Gasteiger partial charge in [0.1, 0.15) is 11.3 Å². The van der Waals surface area contributed by atoms with Crippen molar-refractivity contribution in [2.24, 2.45) is 10.4 Å². The van der Waals surface area contributed by atoms with Gasteiger partial charge in [0.05, 0.1) is 25.5 Å². The summed E-state index contributed by atoms with van der Waals surface area (Å²) in [7, 11) is 2.95. The van der Waals surface area contributed by atoms with Crippen LogP contribution in [0.4, 0.5) is 0 Å². The van der Waals surface area contributed by atoms with E-state index in [-0.39, 0.29) is 11.2 Å². The van der Waals surface area contributed by atoms with E-state index in [9.17, 15) is 9.59 Å². The Hall–Kier alpha value is -3.28. The van der Waals surface area contributed by atoms with Gasteiger partial charge >= 0.3 is 5.97 Å². The van der Waals surface area contributed by atoms with Crippen LogP contribution in [-0.4, -0.2) is 42.7 Å². The molecule has 1 aromatic carbocycles. The molecule has 6 heteroatoms. The monoisotopic (exact) mass is 420 g/mol. The van der Waals surface area contributed by atoms with Gasteiger partial charge in [-0.1, -0.05) is 20.8 Å². The molecule has 1 unspecified atom stereocenters. The first-order valence-electron chi connectivity index (χ1n) is 10.2. The molecule has 162 valence electrons. The third-order valence-corrected chi connectivity index (χ3v) is 5.16. The second-order valence-corrected chi connectivity index (χ2v) is 8.85. The molecule has 0 amide bonds. The van der Waals surface area contributed by atoms with Crippen LogP contribution in [0.1, 0.15) is 43.1 Å². The van der Waals surface area contributed by atoms with Crippen molar-refractivity contribution in [3.8, 4) is 17.0 Å². The average molecular weight is 421 g/mol. The number of ether oxygens (including phenoxy) is 2. The lowest BCUT2D eigenvalue weighted by atomic mass is 9.79. The Labute approximate surface area is 183 Å². The van der Waals surface area contributed by atoms with Crippen LogP contribution in [0, 0.1) is 5.41 Å². The topological polar surface area (TPSA) is 77.9 Å². The van der Waals surface area contributed by atoms with Crippen molar-refractivity contribution in [3.05, 3.63) is 59.8 Å². The van der Waals surface area contributed by atoms with Crippen LogP contribution in [-0.2, 0) is 16.0 Å². The second-order valence-electron chi connectivity index (χ2n) is 8.85. The zero-order valence-corrected chi connectivity index (χ0v) is 18.6. The summed E-state index contributed by atoms with van der Waals surface area (Å²) >= 11 is 0. The van der Waals surface area contributed by atoms with Crippen LogP contribution in [0.2, 0.25) is 0 Å². The number of aliphatic imine (C=N–C) groups is 1. The molecule has 3 rings (SSSR count). The number of ketones is 1. The summed E-state index contributed by atoms with van der Waals surface area (Å²) in [5.74, 6) is 0.339.